The highest BCUT2D eigenvalue weighted by atomic mass is 16.2. The number of hydrogen-bond donors (Lipinski definition) is 1. The van der Waals surface area contributed by atoms with Crippen molar-refractivity contribution in [3.63, 3.8) is 0 Å². The van der Waals surface area contributed by atoms with Crippen molar-refractivity contribution in [2.24, 2.45) is 5.41 Å². The van der Waals surface area contributed by atoms with Gasteiger partial charge in [0.05, 0.1) is 6.04 Å². The van der Waals surface area contributed by atoms with E-state index in [1.807, 2.05) is 44.2 Å². The molecule has 2 rings (SSSR count). The molecule has 2 amide bonds. The van der Waals surface area contributed by atoms with E-state index in [0.717, 1.165) is 48.8 Å². The van der Waals surface area contributed by atoms with Gasteiger partial charge in [0.1, 0.15) is 0 Å². The third kappa shape index (κ3) is 7.73. The topological polar surface area (TPSA) is 49.4 Å². The smallest absolute Gasteiger partial charge is 0.267 e. The number of benzene rings is 2. The molecule has 1 unspecified atom stereocenters. The van der Waals surface area contributed by atoms with Crippen molar-refractivity contribution in [2.45, 2.75) is 93.0 Å². The highest BCUT2D eigenvalue weighted by Gasteiger charge is 2.35. The molecular weight excluding hydrogens is 408 g/mol. The van der Waals surface area contributed by atoms with Crippen LogP contribution < -0.4 is 5.43 Å². The number of carbonyl (C=O) groups is 2. The Morgan fingerprint density at radius 3 is 2.15 bits per heavy atom. The third-order valence-corrected chi connectivity index (χ3v) is 6.15. The molecule has 1 N–H and O–H groups in total. The van der Waals surface area contributed by atoms with Gasteiger partial charge in [-0.2, -0.15) is 0 Å². The van der Waals surface area contributed by atoms with Crippen LogP contribution in [0.5, 0.6) is 0 Å². The van der Waals surface area contributed by atoms with Gasteiger partial charge in [-0.1, -0.05) is 89.6 Å². The van der Waals surface area contributed by atoms with Crippen LogP contribution >= 0.6 is 0 Å². The van der Waals surface area contributed by atoms with Gasteiger partial charge in [0.15, 0.2) is 0 Å². The minimum absolute atomic E-state index is 0.124. The molecule has 0 aliphatic heterocycles. The monoisotopic (exact) mass is 450 g/mol. The molecular formula is C29H42N2O2. The lowest BCUT2D eigenvalue weighted by atomic mass is 9.82. The van der Waals surface area contributed by atoms with Crippen LogP contribution in [0.2, 0.25) is 0 Å². The molecule has 0 fully saturated rings. The Morgan fingerprint density at radius 1 is 0.909 bits per heavy atom. The molecule has 1 atom stereocenters. The number of rotatable bonds is 9. The van der Waals surface area contributed by atoms with Gasteiger partial charge in [-0.25, -0.2) is 5.01 Å². The Labute approximate surface area is 200 Å². The second-order valence-corrected chi connectivity index (χ2v) is 10.3. The average Bonchev–Trinajstić information content (AvgIpc) is 2.76. The van der Waals surface area contributed by atoms with Crippen molar-refractivity contribution >= 4 is 11.8 Å². The van der Waals surface area contributed by atoms with Gasteiger partial charge in [-0.05, 0) is 61.9 Å². The summed E-state index contributed by atoms with van der Waals surface area (Å²) in [4.78, 5) is 27.1. The molecule has 2 aromatic rings. The Morgan fingerprint density at radius 2 is 1.58 bits per heavy atom. The zero-order valence-corrected chi connectivity index (χ0v) is 21.6. The highest BCUT2D eigenvalue weighted by molar-refractivity contribution is 5.99. The summed E-state index contributed by atoms with van der Waals surface area (Å²) in [6.07, 6.45) is 6.19. The predicted octanol–water partition coefficient (Wildman–Crippen LogP) is 7.04. The van der Waals surface area contributed by atoms with Gasteiger partial charge in [0.25, 0.3) is 11.8 Å². The summed E-state index contributed by atoms with van der Waals surface area (Å²) >= 11 is 0. The molecule has 4 nitrogen and oxygen atoms in total. The van der Waals surface area contributed by atoms with Gasteiger partial charge < -0.3 is 0 Å². The molecule has 0 saturated heterocycles. The van der Waals surface area contributed by atoms with Gasteiger partial charge in [0.2, 0.25) is 0 Å². The van der Waals surface area contributed by atoms with Crippen molar-refractivity contribution in [1.29, 1.82) is 0 Å². The molecule has 0 aromatic heterocycles. The molecule has 33 heavy (non-hydrogen) atoms. The Hall–Kier alpha value is -2.62. The Kier molecular flexibility index (Phi) is 9.70. The fourth-order valence-electron chi connectivity index (χ4n) is 4.33. The summed E-state index contributed by atoms with van der Waals surface area (Å²) in [6.45, 7) is 14.7. The second-order valence-electron chi connectivity index (χ2n) is 10.3. The van der Waals surface area contributed by atoms with Crippen LogP contribution in [-0.4, -0.2) is 22.9 Å². The maximum Gasteiger partial charge on any atom is 0.272 e. The maximum absolute atomic E-state index is 13.8. The largest absolute Gasteiger partial charge is 0.272 e. The molecule has 0 aliphatic rings. The summed E-state index contributed by atoms with van der Waals surface area (Å²) in [5.74, 6) is -0.400. The Balaban J connectivity index is 2.43. The van der Waals surface area contributed by atoms with E-state index in [0.29, 0.717) is 11.1 Å². The SMILES string of the molecule is CCCCCCC(N(NC(=O)c1cccc(CC)c1)C(=O)c1cc(C)cc(C)c1)C(C)(C)C. The van der Waals surface area contributed by atoms with E-state index in [9.17, 15) is 9.59 Å². The lowest BCUT2D eigenvalue weighted by Crippen LogP contribution is -2.56. The quantitative estimate of drug-likeness (QED) is 0.329. The number of amides is 2. The average molecular weight is 451 g/mol. The molecule has 0 spiro atoms. The van der Waals surface area contributed by atoms with E-state index < -0.39 is 0 Å². The van der Waals surface area contributed by atoms with Crippen molar-refractivity contribution in [2.75, 3.05) is 0 Å². The van der Waals surface area contributed by atoms with Crippen LogP contribution in [0, 0.1) is 19.3 Å². The first-order valence-electron chi connectivity index (χ1n) is 12.4. The molecule has 0 saturated carbocycles. The van der Waals surface area contributed by atoms with Gasteiger partial charge >= 0.3 is 0 Å². The first-order chi connectivity index (χ1) is 15.6. The zero-order valence-electron chi connectivity index (χ0n) is 21.6. The summed E-state index contributed by atoms with van der Waals surface area (Å²) < 4.78 is 0. The van der Waals surface area contributed by atoms with E-state index in [-0.39, 0.29) is 23.3 Å². The molecule has 2 aromatic carbocycles. The number of aryl methyl sites for hydroxylation is 3. The normalized spacial score (nSPS) is 12.3. The van der Waals surface area contributed by atoms with E-state index >= 15 is 0 Å². The molecule has 0 radical (unpaired) electrons. The van der Waals surface area contributed by atoms with Gasteiger partial charge in [0, 0.05) is 11.1 Å². The van der Waals surface area contributed by atoms with Crippen molar-refractivity contribution in [3.8, 4) is 0 Å². The second kappa shape index (κ2) is 12.0. The van der Waals surface area contributed by atoms with Crippen LogP contribution in [0.15, 0.2) is 42.5 Å². The zero-order chi connectivity index (χ0) is 24.6. The molecule has 0 bridgehead atoms. The van der Waals surface area contributed by atoms with Crippen LogP contribution in [0.25, 0.3) is 0 Å². The van der Waals surface area contributed by atoms with Crippen molar-refractivity contribution in [1.82, 2.24) is 10.4 Å². The number of hydrazine groups is 1. The standard InChI is InChI=1S/C29H42N2O2/c1-8-10-11-12-16-26(29(5,6)7)31(28(33)25-18-21(3)17-22(4)19-25)30-27(32)24-15-13-14-23(9-2)20-24/h13-15,17-20,26H,8-12,16H2,1-7H3,(H,30,32). The van der Waals surface area contributed by atoms with Crippen molar-refractivity contribution in [3.05, 3.63) is 70.3 Å². The number of hydrogen-bond acceptors (Lipinski definition) is 2. The molecule has 0 aliphatic carbocycles. The number of unbranched alkanes of at least 4 members (excludes halogenated alkanes) is 3. The first-order valence-corrected chi connectivity index (χ1v) is 12.4. The molecule has 0 heterocycles. The fourth-order valence-corrected chi connectivity index (χ4v) is 4.33. The minimum Gasteiger partial charge on any atom is -0.267 e. The molecule has 180 valence electrons. The van der Waals surface area contributed by atoms with Gasteiger partial charge in [-0.3, -0.25) is 15.0 Å². The van der Waals surface area contributed by atoms with E-state index in [1.54, 1.807) is 11.1 Å². The first kappa shape index (κ1) is 26.6. The van der Waals surface area contributed by atoms with Gasteiger partial charge in [-0.15, -0.1) is 0 Å². The van der Waals surface area contributed by atoms with Crippen LogP contribution in [0.4, 0.5) is 0 Å². The number of nitrogens with one attached hydrogen (secondary N) is 1. The lowest BCUT2D eigenvalue weighted by molar-refractivity contribution is 0.0266. The summed E-state index contributed by atoms with van der Waals surface area (Å²) in [5.41, 5.74) is 7.18. The van der Waals surface area contributed by atoms with Crippen molar-refractivity contribution < 1.29 is 9.59 Å². The third-order valence-electron chi connectivity index (χ3n) is 6.15. The van der Waals surface area contributed by atoms with Crippen LogP contribution in [0.1, 0.15) is 104 Å². The maximum atomic E-state index is 13.8. The molecule has 4 heteroatoms. The summed E-state index contributed by atoms with van der Waals surface area (Å²) in [5, 5.41) is 1.61. The number of carbonyl (C=O) groups excluding carboxylic acids is 2. The number of nitrogens with zero attached hydrogens (tertiary/aromatic N) is 1. The fraction of sp³-hybridized carbons (Fsp3) is 0.517. The van der Waals surface area contributed by atoms with E-state index in [2.05, 4.69) is 46.1 Å². The van der Waals surface area contributed by atoms with Crippen LogP contribution in [-0.2, 0) is 6.42 Å². The summed E-state index contributed by atoms with van der Waals surface area (Å²) in [7, 11) is 0. The highest BCUT2D eigenvalue weighted by Crippen LogP contribution is 2.29. The lowest BCUT2D eigenvalue weighted by Gasteiger charge is -2.40. The predicted molar refractivity (Wildman–Crippen MR) is 137 cm³/mol. The minimum atomic E-state index is -0.245. The summed E-state index contributed by atoms with van der Waals surface area (Å²) in [6, 6.07) is 13.4. The van der Waals surface area contributed by atoms with E-state index in [4.69, 9.17) is 0 Å². The Bertz CT molecular complexity index is 923. The van der Waals surface area contributed by atoms with Crippen LogP contribution in [0.3, 0.4) is 0 Å². The van der Waals surface area contributed by atoms with E-state index in [1.165, 1.54) is 6.42 Å².